The largest absolute Gasteiger partial charge is 0.507 e. The Morgan fingerprint density at radius 2 is 2.13 bits per heavy atom. The summed E-state index contributed by atoms with van der Waals surface area (Å²) < 4.78 is 5.18. The van der Waals surface area contributed by atoms with Crippen LogP contribution in [0.2, 0.25) is 0 Å². The number of benzene rings is 1. The highest BCUT2D eigenvalue weighted by Crippen LogP contribution is 2.15. The predicted octanol–water partition coefficient (Wildman–Crippen LogP) is 2.39. The van der Waals surface area contributed by atoms with Crippen LogP contribution in [0, 0.1) is 0 Å². The third kappa shape index (κ3) is 3.72. The molecule has 0 heterocycles. The Labute approximate surface area is 89.7 Å². The molecule has 15 heavy (non-hydrogen) atoms. The zero-order valence-electron chi connectivity index (χ0n) is 8.90. The molecule has 0 atom stereocenters. The van der Waals surface area contributed by atoms with Gasteiger partial charge in [0.2, 0.25) is 0 Å². The molecular formula is C12H16O3. The number of rotatable bonds is 6. The van der Waals surface area contributed by atoms with Crippen LogP contribution >= 0.6 is 0 Å². The van der Waals surface area contributed by atoms with Crippen molar-refractivity contribution in [3.8, 4) is 5.75 Å². The molecule has 0 bridgehead atoms. The lowest BCUT2D eigenvalue weighted by molar-refractivity contribution is 0.0752. The van der Waals surface area contributed by atoms with Crippen LogP contribution in [-0.2, 0) is 4.74 Å². The minimum Gasteiger partial charge on any atom is -0.507 e. The second-order valence-electron chi connectivity index (χ2n) is 3.35. The third-order valence-electron chi connectivity index (χ3n) is 2.08. The van der Waals surface area contributed by atoms with Gasteiger partial charge in [-0.15, -0.1) is 0 Å². The van der Waals surface area contributed by atoms with Gasteiger partial charge in [-0.1, -0.05) is 25.5 Å². The number of Topliss-reactive ketones (excluding diaryl/α,β-unsaturated/α-hetero) is 1. The molecule has 0 saturated heterocycles. The summed E-state index contributed by atoms with van der Waals surface area (Å²) >= 11 is 0. The van der Waals surface area contributed by atoms with E-state index in [1.165, 1.54) is 6.07 Å². The number of ether oxygens (including phenoxy) is 1. The lowest BCUT2D eigenvalue weighted by Crippen LogP contribution is -2.09. The topological polar surface area (TPSA) is 46.5 Å². The van der Waals surface area contributed by atoms with Crippen molar-refractivity contribution in [2.75, 3.05) is 13.2 Å². The maximum Gasteiger partial charge on any atom is 0.192 e. The van der Waals surface area contributed by atoms with Crippen LogP contribution in [0.25, 0.3) is 0 Å². The molecule has 0 aliphatic carbocycles. The van der Waals surface area contributed by atoms with Crippen molar-refractivity contribution >= 4 is 5.78 Å². The summed E-state index contributed by atoms with van der Waals surface area (Å²) in [6.07, 6.45) is 2.00. The van der Waals surface area contributed by atoms with Crippen molar-refractivity contribution in [3.63, 3.8) is 0 Å². The molecule has 0 saturated carbocycles. The average Bonchev–Trinajstić information content (AvgIpc) is 2.25. The number of carbonyl (C=O) groups is 1. The fourth-order valence-electron chi connectivity index (χ4n) is 1.20. The van der Waals surface area contributed by atoms with E-state index in [2.05, 4.69) is 6.92 Å². The molecule has 1 rings (SSSR count). The van der Waals surface area contributed by atoms with E-state index in [1.54, 1.807) is 18.2 Å². The van der Waals surface area contributed by atoms with Crippen LogP contribution in [0.3, 0.4) is 0 Å². The van der Waals surface area contributed by atoms with Crippen LogP contribution in [0.1, 0.15) is 30.1 Å². The summed E-state index contributed by atoms with van der Waals surface area (Å²) in [5.41, 5.74) is 0.328. The summed E-state index contributed by atoms with van der Waals surface area (Å²) in [4.78, 5) is 11.5. The number of aromatic hydroxyl groups is 1. The van der Waals surface area contributed by atoms with Gasteiger partial charge in [0.25, 0.3) is 0 Å². The van der Waals surface area contributed by atoms with Crippen LogP contribution in [0.15, 0.2) is 24.3 Å². The highest BCUT2D eigenvalue weighted by Gasteiger charge is 2.09. The van der Waals surface area contributed by atoms with E-state index in [4.69, 9.17) is 4.74 Å². The molecule has 0 aliphatic rings. The molecule has 0 fully saturated rings. The number of phenols is 1. The first-order valence-electron chi connectivity index (χ1n) is 5.14. The average molecular weight is 208 g/mol. The monoisotopic (exact) mass is 208 g/mol. The molecule has 0 spiro atoms. The van der Waals surface area contributed by atoms with E-state index in [1.807, 2.05) is 0 Å². The van der Waals surface area contributed by atoms with Crippen molar-refractivity contribution < 1.29 is 14.6 Å². The van der Waals surface area contributed by atoms with Gasteiger partial charge in [-0.25, -0.2) is 0 Å². The van der Waals surface area contributed by atoms with Gasteiger partial charge < -0.3 is 9.84 Å². The Hall–Kier alpha value is -1.35. The van der Waals surface area contributed by atoms with E-state index < -0.39 is 0 Å². The predicted molar refractivity (Wildman–Crippen MR) is 58.2 cm³/mol. The smallest absolute Gasteiger partial charge is 0.192 e. The first-order chi connectivity index (χ1) is 7.25. The Kier molecular flexibility index (Phi) is 4.84. The summed E-state index contributed by atoms with van der Waals surface area (Å²) in [7, 11) is 0. The molecule has 3 heteroatoms. The molecule has 0 unspecified atom stereocenters. The highest BCUT2D eigenvalue weighted by atomic mass is 16.5. The van der Waals surface area contributed by atoms with Crippen LogP contribution in [-0.4, -0.2) is 24.1 Å². The van der Waals surface area contributed by atoms with E-state index in [0.717, 1.165) is 12.8 Å². The van der Waals surface area contributed by atoms with Crippen molar-refractivity contribution in [2.24, 2.45) is 0 Å². The van der Waals surface area contributed by atoms with E-state index in [9.17, 15) is 9.90 Å². The number of hydrogen-bond acceptors (Lipinski definition) is 3. The molecule has 1 aromatic rings. The van der Waals surface area contributed by atoms with Crippen molar-refractivity contribution in [3.05, 3.63) is 29.8 Å². The molecule has 0 amide bonds. The van der Waals surface area contributed by atoms with E-state index >= 15 is 0 Å². The number of ketones is 1. The number of hydrogen-bond donors (Lipinski definition) is 1. The maximum absolute atomic E-state index is 11.5. The molecule has 0 aliphatic heterocycles. The molecule has 1 N–H and O–H groups in total. The standard InChI is InChI=1S/C12H16O3/c1-2-3-8-15-9-12(14)10-6-4-5-7-11(10)13/h4-7,13H,2-3,8-9H2,1H3. The van der Waals surface area contributed by atoms with Crippen LogP contribution < -0.4 is 0 Å². The van der Waals surface area contributed by atoms with Gasteiger partial charge in [0.15, 0.2) is 5.78 Å². The number of para-hydroxylation sites is 1. The lowest BCUT2D eigenvalue weighted by Gasteiger charge is -2.04. The molecule has 1 aromatic carbocycles. The van der Waals surface area contributed by atoms with Gasteiger partial charge in [-0.3, -0.25) is 4.79 Å². The highest BCUT2D eigenvalue weighted by molar-refractivity contribution is 5.99. The first kappa shape index (κ1) is 11.7. The molecule has 0 radical (unpaired) electrons. The normalized spacial score (nSPS) is 10.2. The molecular weight excluding hydrogens is 192 g/mol. The minimum atomic E-state index is -0.177. The Bertz CT molecular complexity index is 320. The van der Waals surface area contributed by atoms with Gasteiger partial charge in [-0.2, -0.15) is 0 Å². The zero-order chi connectivity index (χ0) is 11.1. The van der Waals surface area contributed by atoms with Crippen LogP contribution in [0.4, 0.5) is 0 Å². The molecule has 0 aromatic heterocycles. The minimum absolute atomic E-state index is 0.0154. The summed E-state index contributed by atoms with van der Waals surface area (Å²) in [6, 6.07) is 6.50. The fraction of sp³-hybridized carbons (Fsp3) is 0.417. The van der Waals surface area contributed by atoms with Gasteiger partial charge in [0, 0.05) is 6.61 Å². The summed E-state index contributed by atoms with van der Waals surface area (Å²) in [5.74, 6) is -0.161. The van der Waals surface area contributed by atoms with E-state index in [0.29, 0.717) is 12.2 Å². The Morgan fingerprint density at radius 1 is 1.40 bits per heavy atom. The number of unbranched alkanes of at least 4 members (excludes halogenated alkanes) is 1. The van der Waals surface area contributed by atoms with E-state index in [-0.39, 0.29) is 18.1 Å². The lowest BCUT2D eigenvalue weighted by atomic mass is 10.1. The Morgan fingerprint density at radius 3 is 2.80 bits per heavy atom. The van der Waals surface area contributed by atoms with Crippen molar-refractivity contribution in [2.45, 2.75) is 19.8 Å². The Balaban J connectivity index is 2.44. The number of phenolic OH excluding ortho intramolecular Hbond substituents is 1. The third-order valence-corrected chi connectivity index (χ3v) is 2.08. The summed E-state index contributed by atoms with van der Waals surface area (Å²) in [6.45, 7) is 2.70. The number of carbonyl (C=O) groups excluding carboxylic acids is 1. The summed E-state index contributed by atoms with van der Waals surface area (Å²) in [5, 5.41) is 9.41. The van der Waals surface area contributed by atoms with Gasteiger partial charge in [-0.05, 0) is 18.6 Å². The fourth-order valence-corrected chi connectivity index (χ4v) is 1.20. The quantitative estimate of drug-likeness (QED) is 0.576. The van der Waals surface area contributed by atoms with Crippen LogP contribution in [0.5, 0.6) is 5.75 Å². The van der Waals surface area contributed by atoms with Gasteiger partial charge in [0.1, 0.15) is 12.4 Å². The van der Waals surface area contributed by atoms with Crippen molar-refractivity contribution in [1.29, 1.82) is 0 Å². The second kappa shape index (κ2) is 6.19. The second-order valence-corrected chi connectivity index (χ2v) is 3.35. The maximum atomic E-state index is 11.5. The zero-order valence-corrected chi connectivity index (χ0v) is 8.90. The van der Waals surface area contributed by atoms with Gasteiger partial charge in [0.05, 0.1) is 5.56 Å². The molecule has 3 nitrogen and oxygen atoms in total. The van der Waals surface area contributed by atoms with Crippen molar-refractivity contribution in [1.82, 2.24) is 0 Å². The van der Waals surface area contributed by atoms with Gasteiger partial charge >= 0.3 is 0 Å². The SMILES string of the molecule is CCCCOCC(=O)c1ccccc1O. The first-order valence-corrected chi connectivity index (χ1v) is 5.14. The molecule has 82 valence electrons.